The SMILES string of the molecule is CSCCC(=O)NC(C)CC#N. The fourth-order valence-corrected chi connectivity index (χ4v) is 1.12. The summed E-state index contributed by atoms with van der Waals surface area (Å²) in [6, 6.07) is 1.99. The first-order valence-corrected chi connectivity index (χ1v) is 5.25. The maximum atomic E-state index is 11.1. The van der Waals surface area contributed by atoms with Gasteiger partial charge < -0.3 is 5.32 Å². The molecule has 0 fully saturated rings. The number of rotatable bonds is 5. The number of nitrogens with one attached hydrogen (secondary N) is 1. The third kappa shape index (κ3) is 6.05. The van der Waals surface area contributed by atoms with Crippen molar-refractivity contribution < 1.29 is 4.79 Å². The van der Waals surface area contributed by atoms with Crippen LogP contribution in [0.4, 0.5) is 0 Å². The van der Waals surface area contributed by atoms with Gasteiger partial charge in [0.1, 0.15) is 0 Å². The Bertz CT molecular complexity index is 176. The lowest BCUT2D eigenvalue weighted by molar-refractivity contribution is -0.121. The smallest absolute Gasteiger partial charge is 0.221 e. The van der Waals surface area contributed by atoms with E-state index in [1.807, 2.05) is 19.2 Å². The van der Waals surface area contributed by atoms with Gasteiger partial charge in [-0.25, -0.2) is 0 Å². The van der Waals surface area contributed by atoms with Gasteiger partial charge in [-0.05, 0) is 13.2 Å². The predicted molar refractivity (Wildman–Crippen MR) is 50.8 cm³/mol. The Labute approximate surface area is 77.5 Å². The molecule has 1 unspecified atom stereocenters. The summed E-state index contributed by atoms with van der Waals surface area (Å²) in [7, 11) is 0. The van der Waals surface area contributed by atoms with E-state index in [0.717, 1.165) is 5.75 Å². The average Bonchev–Trinajstić information content (AvgIpc) is 2.01. The van der Waals surface area contributed by atoms with Crippen molar-refractivity contribution in [3.05, 3.63) is 0 Å². The summed E-state index contributed by atoms with van der Waals surface area (Å²) in [6.45, 7) is 1.83. The van der Waals surface area contributed by atoms with Crippen LogP contribution < -0.4 is 5.32 Å². The third-order valence-electron chi connectivity index (χ3n) is 1.34. The van der Waals surface area contributed by atoms with Crippen LogP contribution in [0, 0.1) is 11.3 Å². The highest BCUT2D eigenvalue weighted by Gasteiger charge is 2.05. The molecule has 0 aromatic carbocycles. The molecule has 0 rings (SSSR count). The fourth-order valence-electron chi connectivity index (χ4n) is 0.730. The molecule has 0 aliphatic carbocycles. The first-order valence-electron chi connectivity index (χ1n) is 3.86. The Balaban J connectivity index is 3.48. The molecule has 1 N–H and O–H groups in total. The summed E-state index contributed by atoms with van der Waals surface area (Å²) in [5.41, 5.74) is 0. The van der Waals surface area contributed by atoms with Gasteiger partial charge in [0.05, 0.1) is 12.5 Å². The molecule has 68 valence electrons. The van der Waals surface area contributed by atoms with Gasteiger partial charge in [-0.2, -0.15) is 17.0 Å². The molecule has 4 heteroatoms. The van der Waals surface area contributed by atoms with Gasteiger partial charge in [0.25, 0.3) is 0 Å². The number of amides is 1. The number of thioether (sulfide) groups is 1. The van der Waals surface area contributed by atoms with Crippen molar-refractivity contribution in [1.29, 1.82) is 5.26 Å². The maximum absolute atomic E-state index is 11.1. The molecule has 0 aliphatic rings. The molecule has 0 radical (unpaired) electrons. The second kappa shape index (κ2) is 6.99. The number of carbonyl (C=O) groups excluding carboxylic acids is 1. The highest BCUT2D eigenvalue weighted by molar-refractivity contribution is 7.98. The fraction of sp³-hybridized carbons (Fsp3) is 0.750. The highest BCUT2D eigenvalue weighted by atomic mass is 32.2. The van der Waals surface area contributed by atoms with E-state index in [4.69, 9.17) is 5.26 Å². The van der Waals surface area contributed by atoms with E-state index in [0.29, 0.717) is 12.8 Å². The number of nitriles is 1. The molecule has 0 aliphatic heterocycles. The molecule has 3 nitrogen and oxygen atoms in total. The van der Waals surface area contributed by atoms with Crippen molar-refractivity contribution in [2.45, 2.75) is 25.8 Å². The summed E-state index contributed by atoms with van der Waals surface area (Å²) in [5.74, 6) is 0.873. The van der Waals surface area contributed by atoms with Crippen molar-refractivity contribution in [2.24, 2.45) is 0 Å². The molecule has 0 saturated heterocycles. The molecular weight excluding hydrogens is 172 g/mol. The van der Waals surface area contributed by atoms with Crippen LogP contribution in [-0.2, 0) is 4.79 Å². The minimum Gasteiger partial charge on any atom is -0.353 e. The van der Waals surface area contributed by atoms with Crippen molar-refractivity contribution in [3.8, 4) is 6.07 Å². The van der Waals surface area contributed by atoms with E-state index in [1.54, 1.807) is 11.8 Å². The summed E-state index contributed by atoms with van der Waals surface area (Å²) < 4.78 is 0. The summed E-state index contributed by atoms with van der Waals surface area (Å²) in [4.78, 5) is 11.1. The quantitative estimate of drug-likeness (QED) is 0.701. The van der Waals surface area contributed by atoms with Crippen molar-refractivity contribution in [2.75, 3.05) is 12.0 Å². The Morgan fingerprint density at radius 3 is 2.92 bits per heavy atom. The maximum Gasteiger partial charge on any atom is 0.221 e. The molecule has 0 aromatic heterocycles. The van der Waals surface area contributed by atoms with Crippen LogP contribution >= 0.6 is 11.8 Å². The Morgan fingerprint density at radius 1 is 1.75 bits per heavy atom. The highest BCUT2D eigenvalue weighted by Crippen LogP contribution is 1.96. The molecule has 1 atom stereocenters. The summed E-state index contributed by atoms with van der Waals surface area (Å²) in [5, 5.41) is 11.1. The average molecular weight is 186 g/mol. The van der Waals surface area contributed by atoms with Gasteiger partial charge >= 0.3 is 0 Å². The van der Waals surface area contributed by atoms with Crippen molar-refractivity contribution >= 4 is 17.7 Å². The minimum absolute atomic E-state index is 0.0237. The lowest BCUT2D eigenvalue weighted by atomic mass is 10.2. The number of hydrogen-bond acceptors (Lipinski definition) is 3. The predicted octanol–water partition coefficient (Wildman–Crippen LogP) is 1.16. The van der Waals surface area contributed by atoms with Crippen LogP contribution in [0.2, 0.25) is 0 Å². The Morgan fingerprint density at radius 2 is 2.42 bits per heavy atom. The summed E-state index contributed by atoms with van der Waals surface area (Å²) >= 11 is 1.64. The van der Waals surface area contributed by atoms with E-state index >= 15 is 0 Å². The standard InChI is InChI=1S/C8H14N2OS/c1-7(3-5-9)10-8(11)4-6-12-2/h7H,3-4,6H2,1-2H3,(H,10,11). The van der Waals surface area contributed by atoms with Crippen LogP contribution in [-0.4, -0.2) is 24.0 Å². The molecule has 12 heavy (non-hydrogen) atoms. The molecule has 0 saturated carbocycles. The number of nitrogens with zero attached hydrogens (tertiary/aromatic N) is 1. The largest absolute Gasteiger partial charge is 0.353 e. The first kappa shape index (κ1) is 11.3. The zero-order valence-corrected chi connectivity index (χ0v) is 8.28. The van der Waals surface area contributed by atoms with Crippen LogP contribution in [0.5, 0.6) is 0 Å². The van der Waals surface area contributed by atoms with Gasteiger partial charge in [0.15, 0.2) is 0 Å². The minimum atomic E-state index is -0.0237. The van der Waals surface area contributed by atoms with Gasteiger partial charge in [-0.3, -0.25) is 4.79 Å². The lowest BCUT2D eigenvalue weighted by Gasteiger charge is -2.09. The zero-order chi connectivity index (χ0) is 9.40. The van der Waals surface area contributed by atoms with E-state index in [9.17, 15) is 4.79 Å². The van der Waals surface area contributed by atoms with Gasteiger partial charge in [0, 0.05) is 18.2 Å². The molecule has 0 aromatic rings. The van der Waals surface area contributed by atoms with Crippen LogP contribution in [0.3, 0.4) is 0 Å². The van der Waals surface area contributed by atoms with Crippen LogP contribution in [0.15, 0.2) is 0 Å². The van der Waals surface area contributed by atoms with Gasteiger partial charge in [-0.15, -0.1) is 0 Å². The van der Waals surface area contributed by atoms with E-state index in [1.165, 1.54) is 0 Å². The van der Waals surface area contributed by atoms with E-state index in [-0.39, 0.29) is 11.9 Å². The van der Waals surface area contributed by atoms with E-state index in [2.05, 4.69) is 5.32 Å². The van der Waals surface area contributed by atoms with Crippen LogP contribution in [0.1, 0.15) is 19.8 Å². The zero-order valence-electron chi connectivity index (χ0n) is 7.46. The second-order valence-electron chi connectivity index (χ2n) is 2.57. The molecule has 0 bridgehead atoms. The van der Waals surface area contributed by atoms with Crippen LogP contribution in [0.25, 0.3) is 0 Å². The monoisotopic (exact) mass is 186 g/mol. The topological polar surface area (TPSA) is 52.9 Å². The van der Waals surface area contributed by atoms with Crippen molar-refractivity contribution in [1.82, 2.24) is 5.32 Å². The molecule has 0 spiro atoms. The van der Waals surface area contributed by atoms with Crippen molar-refractivity contribution in [3.63, 3.8) is 0 Å². The summed E-state index contributed by atoms with van der Waals surface area (Å²) in [6.07, 6.45) is 2.88. The molecular formula is C8H14N2OS. The Kier molecular flexibility index (Phi) is 6.58. The number of hydrogen-bond donors (Lipinski definition) is 1. The second-order valence-corrected chi connectivity index (χ2v) is 3.56. The number of carbonyl (C=O) groups is 1. The molecule has 0 heterocycles. The van der Waals surface area contributed by atoms with Gasteiger partial charge in [0.2, 0.25) is 5.91 Å². The normalized spacial score (nSPS) is 11.8. The Hall–Kier alpha value is -0.690. The molecule has 1 amide bonds. The van der Waals surface area contributed by atoms with E-state index < -0.39 is 0 Å². The van der Waals surface area contributed by atoms with Gasteiger partial charge in [-0.1, -0.05) is 0 Å². The first-order chi connectivity index (χ1) is 5.70. The lowest BCUT2D eigenvalue weighted by Crippen LogP contribution is -2.32. The third-order valence-corrected chi connectivity index (χ3v) is 1.95.